The third-order valence-corrected chi connectivity index (χ3v) is 17.4. The third-order valence-electron chi connectivity index (χ3n) is 17.4. The third kappa shape index (κ3) is 10.8. The zero-order valence-corrected chi connectivity index (χ0v) is 51.2. The predicted molar refractivity (Wildman–Crippen MR) is 353 cm³/mol. The molecule has 0 radical (unpaired) electrons. The molecular formula is C78H84N4O. The summed E-state index contributed by atoms with van der Waals surface area (Å²) in [5.74, 6) is 1.94. The van der Waals surface area contributed by atoms with Crippen molar-refractivity contribution in [3.63, 3.8) is 0 Å². The van der Waals surface area contributed by atoms with Crippen LogP contribution in [0.25, 0.3) is 61.0 Å². The summed E-state index contributed by atoms with van der Waals surface area (Å²) < 4.78 is 62.8. The predicted octanol–water partition coefficient (Wildman–Crippen LogP) is 21.6. The summed E-state index contributed by atoms with van der Waals surface area (Å²) in [7, 11) is 0. The van der Waals surface area contributed by atoms with Gasteiger partial charge in [0.15, 0.2) is 0 Å². The number of nitrogens with zero attached hydrogens (tertiary/aromatic N) is 4. The molecule has 2 aromatic heterocycles. The highest BCUT2D eigenvalue weighted by molar-refractivity contribution is 6.09. The molecule has 0 spiro atoms. The van der Waals surface area contributed by atoms with Crippen LogP contribution < -0.4 is 14.5 Å². The van der Waals surface area contributed by atoms with Gasteiger partial charge in [0.2, 0.25) is 0 Å². The molecule has 0 saturated heterocycles. The molecule has 0 atom stereocenters. The Morgan fingerprint density at radius 2 is 1.22 bits per heavy atom. The molecule has 1 aliphatic carbocycles. The van der Waals surface area contributed by atoms with Crippen molar-refractivity contribution in [1.29, 1.82) is 0 Å². The molecule has 5 nitrogen and oxygen atoms in total. The number of fused-ring (bicyclic) bond motifs is 5. The maximum absolute atomic E-state index is 9.21. The molecule has 0 bridgehead atoms. The number of ether oxygens (including phenoxy) is 1. The highest BCUT2D eigenvalue weighted by atomic mass is 16.5. The fourth-order valence-corrected chi connectivity index (χ4v) is 12.7. The molecule has 1 aliphatic heterocycles. The van der Waals surface area contributed by atoms with E-state index in [9.17, 15) is 4.11 Å². The monoisotopic (exact) mass is 1100 g/mol. The van der Waals surface area contributed by atoms with Crippen molar-refractivity contribution in [3.8, 4) is 50.7 Å². The van der Waals surface area contributed by atoms with E-state index in [-0.39, 0.29) is 51.7 Å². The van der Waals surface area contributed by atoms with Crippen LogP contribution in [0.3, 0.4) is 0 Å². The average Bonchev–Trinajstić information content (AvgIpc) is 1.81. The van der Waals surface area contributed by atoms with Gasteiger partial charge in [-0.2, -0.15) is 0 Å². The van der Waals surface area contributed by atoms with Gasteiger partial charge in [0.1, 0.15) is 24.0 Å². The largest absolute Gasteiger partial charge is 0.457 e. The lowest BCUT2D eigenvalue weighted by Gasteiger charge is -2.42. The second kappa shape index (κ2) is 21.1. The Labute approximate surface area is 503 Å². The topological polar surface area (TPSA) is 33.5 Å². The molecule has 0 N–H and O–H groups in total. The van der Waals surface area contributed by atoms with E-state index in [0.717, 1.165) is 75.4 Å². The van der Waals surface area contributed by atoms with Crippen LogP contribution in [0, 0.1) is 11.8 Å². The second-order valence-electron chi connectivity index (χ2n) is 27.6. The van der Waals surface area contributed by atoms with Crippen molar-refractivity contribution in [3.05, 3.63) is 215 Å². The van der Waals surface area contributed by atoms with Crippen LogP contribution in [0.2, 0.25) is 0 Å². The van der Waals surface area contributed by atoms with Crippen molar-refractivity contribution in [2.75, 3.05) is 16.5 Å². The van der Waals surface area contributed by atoms with E-state index >= 15 is 0 Å². The number of hydrogen-bond acceptors (Lipinski definition) is 4. The average molecular weight is 1100 g/mol. The summed E-state index contributed by atoms with van der Waals surface area (Å²) in [4.78, 5) is 9.68. The summed E-state index contributed by atoms with van der Waals surface area (Å²) in [6, 6.07) is 53.3. The molecule has 5 heteroatoms. The summed E-state index contributed by atoms with van der Waals surface area (Å²) in [5, 5.41) is 1.11. The Hall–Kier alpha value is -7.89. The molecule has 12 rings (SSSR count). The zero-order valence-electron chi connectivity index (χ0n) is 57.2. The van der Waals surface area contributed by atoms with Gasteiger partial charge in [-0.15, -0.1) is 0 Å². The van der Waals surface area contributed by atoms with Crippen molar-refractivity contribution in [2.24, 2.45) is 11.8 Å². The van der Waals surface area contributed by atoms with Gasteiger partial charge in [-0.3, -0.25) is 4.57 Å². The van der Waals surface area contributed by atoms with Crippen molar-refractivity contribution in [1.82, 2.24) is 9.55 Å². The molecular weight excluding hydrogens is 1010 g/mol. The number of rotatable bonds is 12. The van der Waals surface area contributed by atoms with Crippen LogP contribution in [-0.4, -0.2) is 16.2 Å². The lowest BCUT2D eigenvalue weighted by molar-refractivity contribution is 0.332. The number of benzene rings is 8. The van der Waals surface area contributed by atoms with E-state index < -0.39 is 6.37 Å². The maximum Gasteiger partial charge on any atom is 0.137 e. The minimum Gasteiger partial charge on any atom is -0.457 e. The summed E-state index contributed by atoms with van der Waals surface area (Å²) in [5.41, 5.74) is 18.5. The molecule has 3 heterocycles. The molecule has 422 valence electrons. The molecule has 2 aliphatic rings. The molecule has 10 aromatic rings. The first-order chi connectivity index (χ1) is 41.9. The first-order valence-corrected chi connectivity index (χ1v) is 29.9. The van der Waals surface area contributed by atoms with Gasteiger partial charge in [0.25, 0.3) is 0 Å². The minimum atomic E-state index is -1.50. The Bertz CT molecular complexity index is 4430. The highest BCUT2D eigenvalue weighted by Crippen LogP contribution is 2.53. The quantitative estimate of drug-likeness (QED) is 0.122. The van der Waals surface area contributed by atoms with Crippen LogP contribution >= 0.6 is 0 Å². The van der Waals surface area contributed by atoms with Gasteiger partial charge >= 0.3 is 0 Å². The first kappa shape index (κ1) is 48.6. The Kier molecular flexibility index (Phi) is 12.3. The fourth-order valence-electron chi connectivity index (χ4n) is 12.7. The Morgan fingerprint density at radius 3 is 1.93 bits per heavy atom. The summed E-state index contributed by atoms with van der Waals surface area (Å²) in [6.45, 7) is 31.6. The standard InChI is InChI=1S/C78H84N4O/c1-50(2)38-52-40-57(44-59(41-52)76(8,9)10)54-26-28-55(29-27-54)65-42-53(39-51(3)4)43-66(56-30-33-67-68(45-56)78(13,14)36-35-77(67,11)12)74(65)81-49-80(70-24-17-18-25-71(70)81)60-20-19-21-61(47-60)83-62-31-32-64-63-22-15-16-23-69(63)82(72(64)48-62)73-46-58(34-37-79-73)75(5,6)7/h15-34,37,40-48,50-51H,35-36,38-39,49H2,1-14H3/i15D,16D,22D,23D,38D2. The first-order valence-electron chi connectivity index (χ1n) is 32.9. The molecule has 83 heavy (non-hydrogen) atoms. The van der Waals surface area contributed by atoms with Crippen LogP contribution in [0.1, 0.15) is 151 Å². The molecule has 0 saturated carbocycles. The van der Waals surface area contributed by atoms with Crippen molar-refractivity contribution >= 4 is 44.6 Å². The van der Waals surface area contributed by atoms with Crippen molar-refractivity contribution < 1.29 is 13.0 Å². The van der Waals surface area contributed by atoms with Gasteiger partial charge in [-0.25, -0.2) is 4.98 Å². The number of anilines is 4. The zero-order chi connectivity index (χ0) is 63.6. The van der Waals surface area contributed by atoms with E-state index in [1.165, 1.54) is 27.8 Å². The van der Waals surface area contributed by atoms with Crippen LogP contribution in [0.5, 0.6) is 11.5 Å². The van der Waals surface area contributed by atoms with Crippen LogP contribution in [0.15, 0.2) is 182 Å². The maximum atomic E-state index is 9.21. The molecule has 0 amide bonds. The number of aromatic nitrogens is 2. The normalized spacial score (nSPS) is 16.1. The fraction of sp³-hybridized carbons (Fsp3) is 0.321. The number of pyridine rings is 1. The Morgan fingerprint density at radius 1 is 0.554 bits per heavy atom. The SMILES string of the molecule is [2H]c1c([2H])c([2H])c2c(c1[2H])c1ccc(Oc3cccc(N4CN(c5c(-c6ccc(-c7cc(C(C)(C)C)cc(C([2H])([2H])C(C)C)c7)cc6)cc(CC(C)C)cc5-c5ccc6c(c5)C(C)(C)CCC6(C)C)c5ccccc54)c3)cc1n2-c1cc(C(C)(C)C)ccn1. The van der Waals surface area contributed by atoms with Crippen molar-refractivity contribution in [2.45, 2.75) is 144 Å². The van der Waals surface area contributed by atoms with Crippen LogP contribution in [0.4, 0.5) is 22.7 Å². The summed E-state index contributed by atoms with van der Waals surface area (Å²) in [6.07, 6.45) is 3.41. The van der Waals surface area contributed by atoms with E-state index in [1.807, 2.05) is 60.9 Å². The van der Waals surface area contributed by atoms with E-state index in [4.69, 9.17) is 13.8 Å². The van der Waals surface area contributed by atoms with Gasteiger partial charge in [-0.05, 0) is 181 Å². The van der Waals surface area contributed by atoms with E-state index in [0.29, 0.717) is 57.3 Å². The summed E-state index contributed by atoms with van der Waals surface area (Å²) >= 11 is 0. The van der Waals surface area contributed by atoms with E-state index in [1.54, 1.807) is 6.20 Å². The molecule has 8 aromatic carbocycles. The molecule has 0 fully saturated rings. The van der Waals surface area contributed by atoms with E-state index in [2.05, 4.69) is 202 Å². The smallest absolute Gasteiger partial charge is 0.137 e. The second-order valence-corrected chi connectivity index (χ2v) is 27.6. The van der Waals surface area contributed by atoms with Gasteiger partial charge < -0.3 is 14.5 Å². The lowest BCUT2D eigenvalue weighted by Crippen LogP contribution is -2.33. The minimum absolute atomic E-state index is 0.00674. The molecule has 0 unspecified atom stereocenters. The number of para-hydroxylation sites is 3. The van der Waals surface area contributed by atoms with Gasteiger partial charge in [0, 0.05) is 48.7 Å². The number of hydrogen-bond donors (Lipinski definition) is 0. The van der Waals surface area contributed by atoms with Gasteiger partial charge in [0.05, 0.1) is 33.6 Å². The van der Waals surface area contributed by atoms with Gasteiger partial charge in [-0.1, -0.05) is 194 Å². The van der Waals surface area contributed by atoms with Crippen LogP contribution in [-0.2, 0) is 34.5 Å². The Balaban J connectivity index is 0.992. The highest BCUT2D eigenvalue weighted by Gasteiger charge is 2.38. The lowest BCUT2D eigenvalue weighted by atomic mass is 9.63.